The number of aromatic nitrogens is 2. The number of ether oxygens (including phenoxy) is 1. The first-order chi connectivity index (χ1) is 8.71. The lowest BCUT2D eigenvalue weighted by Crippen LogP contribution is -2.37. The van der Waals surface area contributed by atoms with Gasteiger partial charge in [-0.25, -0.2) is 0 Å². The number of hydrogen-bond acceptors (Lipinski definition) is 3. The Morgan fingerprint density at radius 1 is 1.61 bits per heavy atom. The van der Waals surface area contributed by atoms with Crippen LogP contribution in [-0.2, 0) is 9.53 Å². The molecule has 0 bridgehead atoms. The fourth-order valence-corrected chi connectivity index (χ4v) is 2.21. The molecule has 1 aromatic rings. The first kappa shape index (κ1) is 13.1. The number of rotatable bonds is 7. The van der Waals surface area contributed by atoms with Gasteiger partial charge in [0.05, 0.1) is 6.61 Å². The predicted octanol–water partition coefficient (Wildman–Crippen LogP) is 1.38. The lowest BCUT2D eigenvalue weighted by atomic mass is 10.1. The summed E-state index contributed by atoms with van der Waals surface area (Å²) in [6.45, 7) is 3.43. The number of carbonyl (C=O) groups is 1. The Morgan fingerprint density at radius 3 is 2.89 bits per heavy atom. The maximum atomic E-state index is 12.1. The van der Waals surface area contributed by atoms with Gasteiger partial charge in [-0.2, -0.15) is 5.10 Å². The number of methoxy groups -OCH3 is 1. The van der Waals surface area contributed by atoms with Crippen LogP contribution in [0.25, 0.3) is 0 Å². The SMILES string of the molecule is CCC(C(=O)NCC1(COC)CC1)n1cccn1. The topological polar surface area (TPSA) is 56.1 Å². The van der Waals surface area contributed by atoms with Gasteiger partial charge in [-0.1, -0.05) is 6.92 Å². The molecule has 1 amide bonds. The highest BCUT2D eigenvalue weighted by atomic mass is 16.5. The molecule has 0 radical (unpaired) electrons. The van der Waals surface area contributed by atoms with Crippen molar-refractivity contribution < 1.29 is 9.53 Å². The Balaban J connectivity index is 1.87. The molecule has 1 fully saturated rings. The maximum absolute atomic E-state index is 12.1. The van der Waals surface area contributed by atoms with E-state index in [1.54, 1.807) is 18.0 Å². The summed E-state index contributed by atoms with van der Waals surface area (Å²) < 4.78 is 6.91. The summed E-state index contributed by atoms with van der Waals surface area (Å²) in [5, 5.41) is 7.17. The second-order valence-electron chi connectivity index (χ2n) is 5.06. The van der Waals surface area contributed by atoms with Crippen LogP contribution >= 0.6 is 0 Å². The summed E-state index contributed by atoms with van der Waals surface area (Å²) in [4.78, 5) is 12.1. The maximum Gasteiger partial charge on any atom is 0.244 e. The molecule has 18 heavy (non-hydrogen) atoms. The van der Waals surface area contributed by atoms with Crippen molar-refractivity contribution in [1.82, 2.24) is 15.1 Å². The summed E-state index contributed by atoms with van der Waals surface area (Å²) in [5.74, 6) is 0.0450. The normalized spacial score (nSPS) is 18.3. The summed E-state index contributed by atoms with van der Waals surface area (Å²) in [7, 11) is 1.71. The first-order valence-electron chi connectivity index (χ1n) is 6.46. The molecule has 5 heteroatoms. The molecule has 1 aromatic heterocycles. The van der Waals surface area contributed by atoms with E-state index >= 15 is 0 Å². The minimum atomic E-state index is -0.210. The van der Waals surface area contributed by atoms with Crippen LogP contribution in [0.3, 0.4) is 0 Å². The molecule has 1 saturated carbocycles. The van der Waals surface area contributed by atoms with Crippen LogP contribution in [0, 0.1) is 5.41 Å². The largest absolute Gasteiger partial charge is 0.384 e. The second-order valence-corrected chi connectivity index (χ2v) is 5.06. The summed E-state index contributed by atoms with van der Waals surface area (Å²) >= 11 is 0. The molecule has 1 N–H and O–H groups in total. The van der Waals surface area contributed by atoms with E-state index in [2.05, 4.69) is 10.4 Å². The van der Waals surface area contributed by atoms with Gasteiger partial charge in [0.15, 0.2) is 0 Å². The van der Waals surface area contributed by atoms with Crippen LogP contribution in [0.15, 0.2) is 18.5 Å². The van der Waals surface area contributed by atoms with Crippen LogP contribution in [0.2, 0.25) is 0 Å². The average molecular weight is 251 g/mol. The molecule has 0 spiro atoms. The third-order valence-corrected chi connectivity index (χ3v) is 3.58. The van der Waals surface area contributed by atoms with Gasteiger partial charge in [0.25, 0.3) is 0 Å². The Labute approximate surface area is 108 Å². The average Bonchev–Trinajstić information content (AvgIpc) is 2.91. The molecule has 0 saturated heterocycles. The van der Waals surface area contributed by atoms with Crippen LogP contribution in [0.5, 0.6) is 0 Å². The molecular formula is C13H21N3O2. The van der Waals surface area contributed by atoms with E-state index < -0.39 is 0 Å². The van der Waals surface area contributed by atoms with Crippen molar-refractivity contribution in [2.24, 2.45) is 5.41 Å². The Kier molecular flexibility index (Phi) is 4.01. The highest BCUT2D eigenvalue weighted by molar-refractivity contribution is 5.80. The van der Waals surface area contributed by atoms with Gasteiger partial charge in [0, 0.05) is 31.5 Å². The quantitative estimate of drug-likeness (QED) is 0.796. The van der Waals surface area contributed by atoms with Gasteiger partial charge in [-0.15, -0.1) is 0 Å². The Morgan fingerprint density at radius 2 is 2.39 bits per heavy atom. The zero-order chi connectivity index (χ0) is 13.0. The number of nitrogens with zero attached hydrogens (tertiary/aromatic N) is 2. The highest BCUT2D eigenvalue weighted by Gasteiger charge is 2.43. The molecule has 0 aromatic carbocycles. The third-order valence-electron chi connectivity index (χ3n) is 3.58. The molecule has 0 aliphatic heterocycles. The monoisotopic (exact) mass is 251 g/mol. The van der Waals surface area contributed by atoms with Crippen molar-refractivity contribution in [3.8, 4) is 0 Å². The molecule has 1 atom stereocenters. The molecule has 2 rings (SSSR count). The molecule has 100 valence electrons. The van der Waals surface area contributed by atoms with Gasteiger partial charge < -0.3 is 10.1 Å². The van der Waals surface area contributed by atoms with Crippen molar-refractivity contribution in [2.75, 3.05) is 20.3 Å². The minimum absolute atomic E-state index is 0.0450. The van der Waals surface area contributed by atoms with Crippen molar-refractivity contribution in [3.63, 3.8) is 0 Å². The van der Waals surface area contributed by atoms with E-state index in [1.165, 1.54) is 0 Å². The van der Waals surface area contributed by atoms with Crippen molar-refractivity contribution >= 4 is 5.91 Å². The van der Waals surface area contributed by atoms with Gasteiger partial charge in [-0.05, 0) is 25.3 Å². The zero-order valence-electron chi connectivity index (χ0n) is 11.1. The molecule has 1 aliphatic carbocycles. The Bertz CT molecular complexity index is 385. The summed E-state index contributed by atoms with van der Waals surface area (Å²) in [6.07, 6.45) is 6.54. The van der Waals surface area contributed by atoms with Gasteiger partial charge in [-0.3, -0.25) is 9.48 Å². The summed E-state index contributed by atoms with van der Waals surface area (Å²) in [6, 6.07) is 1.63. The molecular weight excluding hydrogens is 230 g/mol. The fraction of sp³-hybridized carbons (Fsp3) is 0.692. The third kappa shape index (κ3) is 2.90. The lowest BCUT2D eigenvalue weighted by Gasteiger charge is -2.19. The van der Waals surface area contributed by atoms with E-state index in [9.17, 15) is 4.79 Å². The number of nitrogens with one attached hydrogen (secondary N) is 1. The first-order valence-corrected chi connectivity index (χ1v) is 6.46. The van der Waals surface area contributed by atoms with Crippen molar-refractivity contribution in [1.29, 1.82) is 0 Å². The second kappa shape index (κ2) is 5.52. The Hall–Kier alpha value is -1.36. The van der Waals surface area contributed by atoms with E-state index in [0.717, 1.165) is 25.9 Å². The zero-order valence-corrected chi connectivity index (χ0v) is 11.1. The number of carbonyl (C=O) groups excluding carboxylic acids is 1. The highest BCUT2D eigenvalue weighted by Crippen LogP contribution is 2.45. The van der Waals surface area contributed by atoms with Crippen LogP contribution in [-0.4, -0.2) is 35.9 Å². The minimum Gasteiger partial charge on any atom is -0.384 e. The van der Waals surface area contributed by atoms with Gasteiger partial charge in [0.1, 0.15) is 6.04 Å². The van der Waals surface area contributed by atoms with Crippen LogP contribution < -0.4 is 5.32 Å². The van der Waals surface area contributed by atoms with E-state index in [4.69, 9.17) is 4.74 Å². The van der Waals surface area contributed by atoms with E-state index in [0.29, 0.717) is 6.54 Å². The van der Waals surface area contributed by atoms with E-state index in [1.807, 2.05) is 19.2 Å². The fourth-order valence-electron chi connectivity index (χ4n) is 2.21. The number of amides is 1. The smallest absolute Gasteiger partial charge is 0.244 e. The number of hydrogen-bond donors (Lipinski definition) is 1. The van der Waals surface area contributed by atoms with Crippen LogP contribution in [0.1, 0.15) is 32.2 Å². The van der Waals surface area contributed by atoms with E-state index in [-0.39, 0.29) is 17.4 Å². The van der Waals surface area contributed by atoms with Gasteiger partial charge >= 0.3 is 0 Å². The molecule has 1 aliphatic rings. The lowest BCUT2D eigenvalue weighted by molar-refractivity contribution is -0.125. The van der Waals surface area contributed by atoms with Crippen molar-refractivity contribution in [2.45, 2.75) is 32.2 Å². The predicted molar refractivity (Wildman–Crippen MR) is 68.1 cm³/mol. The van der Waals surface area contributed by atoms with Crippen molar-refractivity contribution in [3.05, 3.63) is 18.5 Å². The van der Waals surface area contributed by atoms with Crippen LogP contribution in [0.4, 0.5) is 0 Å². The molecule has 5 nitrogen and oxygen atoms in total. The molecule has 1 heterocycles. The standard InChI is InChI=1S/C13H21N3O2/c1-3-11(16-8-4-7-15-16)12(17)14-9-13(5-6-13)10-18-2/h4,7-8,11H,3,5-6,9-10H2,1-2H3,(H,14,17). The summed E-state index contributed by atoms with van der Waals surface area (Å²) in [5.41, 5.74) is 0.187. The molecule has 1 unspecified atom stereocenters. The van der Waals surface area contributed by atoms with Gasteiger partial charge in [0.2, 0.25) is 5.91 Å².